The van der Waals surface area contributed by atoms with Gasteiger partial charge in [-0.2, -0.15) is 0 Å². The van der Waals surface area contributed by atoms with Crippen LogP contribution in [0.25, 0.3) is 0 Å². The molecule has 1 aliphatic carbocycles. The summed E-state index contributed by atoms with van der Waals surface area (Å²) >= 11 is 6.24. The Bertz CT molecular complexity index is 1140. The van der Waals surface area contributed by atoms with Gasteiger partial charge in [0.1, 0.15) is 11.9 Å². The van der Waals surface area contributed by atoms with Gasteiger partial charge in [0.15, 0.2) is 0 Å². The predicted molar refractivity (Wildman–Crippen MR) is 134 cm³/mol. The van der Waals surface area contributed by atoms with Crippen LogP contribution in [-0.2, 0) is 25.6 Å². The van der Waals surface area contributed by atoms with Gasteiger partial charge in [-0.15, -0.1) is 0 Å². The lowest BCUT2D eigenvalue weighted by molar-refractivity contribution is -0.149. The molecule has 0 radical (unpaired) electrons. The van der Waals surface area contributed by atoms with Crippen molar-refractivity contribution in [2.24, 2.45) is 11.8 Å². The number of carboxylic acids is 2. The summed E-state index contributed by atoms with van der Waals surface area (Å²) in [6, 6.07) is 11.1. The minimum Gasteiger partial charge on any atom is -0.481 e. The summed E-state index contributed by atoms with van der Waals surface area (Å²) in [7, 11) is 0. The number of nitrogens with zero attached hydrogens (tertiary/aromatic N) is 1. The van der Waals surface area contributed by atoms with Crippen molar-refractivity contribution in [2.75, 3.05) is 13.1 Å². The SMILES string of the molecule is O=C(O)CCN(CCc1ccccc1Cl)C(=O)[C@@H](NC(=O)[C@@H]1CCCC[C@H]1C(=O)O)c1ccccc1F. The fourth-order valence-corrected chi connectivity index (χ4v) is 4.90. The maximum Gasteiger partial charge on any atom is 0.307 e. The van der Waals surface area contributed by atoms with E-state index < -0.39 is 47.4 Å². The van der Waals surface area contributed by atoms with E-state index in [-0.39, 0.29) is 25.1 Å². The van der Waals surface area contributed by atoms with Crippen LogP contribution >= 0.6 is 11.6 Å². The zero-order valence-electron chi connectivity index (χ0n) is 20.2. The van der Waals surface area contributed by atoms with E-state index in [0.29, 0.717) is 37.1 Å². The number of nitrogens with one attached hydrogen (secondary N) is 1. The molecular formula is C27H30ClFN2O6. The maximum atomic E-state index is 14.9. The van der Waals surface area contributed by atoms with E-state index in [1.807, 2.05) is 0 Å². The van der Waals surface area contributed by atoms with Crippen LogP contribution < -0.4 is 5.32 Å². The lowest BCUT2D eigenvalue weighted by Crippen LogP contribution is -2.48. The van der Waals surface area contributed by atoms with Crippen molar-refractivity contribution in [1.82, 2.24) is 10.2 Å². The fraction of sp³-hybridized carbons (Fsp3) is 0.407. The Morgan fingerprint density at radius 3 is 2.27 bits per heavy atom. The lowest BCUT2D eigenvalue weighted by Gasteiger charge is -2.32. The molecule has 198 valence electrons. The number of carbonyl (C=O) groups is 4. The molecule has 2 aromatic carbocycles. The molecule has 0 saturated heterocycles. The van der Waals surface area contributed by atoms with Gasteiger partial charge in [-0.25, -0.2) is 4.39 Å². The first-order chi connectivity index (χ1) is 17.7. The molecule has 1 saturated carbocycles. The molecule has 3 rings (SSSR count). The second-order valence-electron chi connectivity index (χ2n) is 9.11. The predicted octanol–water partition coefficient (Wildman–Crippen LogP) is 4.07. The van der Waals surface area contributed by atoms with Gasteiger partial charge in [-0.1, -0.05) is 60.8 Å². The number of aliphatic carboxylic acids is 2. The molecule has 37 heavy (non-hydrogen) atoms. The first-order valence-corrected chi connectivity index (χ1v) is 12.6. The van der Waals surface area contributed by atoms with Gasteiger partial charge in [0.05, 0.1) is 18.3 Å². The van der Waals surface area contributed by atoms with E-state index in [0.717, 1.165) is 11.6 Å². The molecule has 1 aliphatic rings. The van der Waals surface area contributed by atoms with Crippen molar-refractivity contribution in [1.29, 1.82) is 0 Å². The Morgan fingerprint density at radius 2 is 1.62 bits per heavy atom. The zero-order valence-corrected chi connectivity index (χ0v) is 21.0. The summed E-state index contributed by atoms with van der Waals surface area (Å²) in [5.74, 6) is -6.00. The number of carbonyl (C=O) groups excluding carboxylic acids is 2. The minimum absolute atomic E-state index is 0.0812. The number of amides is 2. The third kappa shape index (κ3) is 7.52. The average molecular weight is 533 g/mol. The highest BCUT2D eigenvalue weighted by Crippen LogP contribution is 2.31. The van der Waals surface area contributed by atoms with Gasteiger partial charge in [-0.3, -0.25) is 19.2 Å². The highest BCUT2D eigenvalue weighted by molar-refractivity contribution is 6.31. The molecule has 0 aliphatic heterocycles. The summed E-state index contributed by atoms with van der Waals surface area (Å²) in [5.41, 5.74) is 0.664. The summed E-state index contributed by atoms with van der Waals surface area (Å²) < 4.78 is 14.9. The van der Waals surface area contributed by atoms with Gasteiger partial charge in [-0.05, 0) is 37.0 Å². The number of halogens is 2. The summed E-state index contributed by atoms with van der Waals surface area (Å²) in [6.07, 6.45) is 2.00. The van der Waals surface area contributed by atoms with Crippen molar-refractivity contribution < 1.29 is 33.8 Å². The molecular weight excluding hydrogens is 503 g/mol. The van der Waals surface area contributed by atoms with E-state index in [1.165, 1.54) is 23.1 Å². The molecule has 0 heterocycles. The quantitative estimate of drug-likeness (QED) is 0.401. The van der Waals surface area contributed by atoms with E-state index in [4.69, 9.17) is 11.6 Å². The van der Waals surface area contributed by atoms with Crippen molar-refractivity contribution >= 4 is 35.4 Å². The second-order valence-corrected chi connectivity index (χ2v) is 9.52. The third-order valence-corrected chi connectivity index (χ3v) is 7.05. The third-order valence-electron chi connectivity index (χ3n) is 6.69. The van der Waals surface area contributed by atoms with Gasteiger partial charge in [0, 0.05) is 23.7 Å². The van der Waals surface area contributed by atoms with Gasteiger partial charge in [0.2, 0.25) is 11.8 Å². The van der Waals surface area contributed by atoms with Gasteiger partial charge < -0.3 is 20.4 Å². The fourth-order valence-electron chi connectivity index (χ4n) is 4.67. The largest absolute Gasteiger partial charge is 0.481 e. The maximum absolute atomic E-state index is 14.9. The molecule has 2 amide bonds. The highest BCUT2D eigenvalue weighted by Gasteiger charge is 2.38. The Balaban J connectivity index is 1.90. The van der Waals surface area contributed by atoms with Crippen LogP contribution in [-0.4, -0.2) is 52.0 Å². The summed E-state index contributed by atoms with van der Waals surface area (Å²) in [5, 5.41) is 21.9. The molecule has 1 fully saturated rings. The molecule has 0 bridgehead atoms. The monoisotopic (exact) mass is 532 g/mol. The zero-order chi connectivity index (χ0) is 26.9. The lowest BCUT2D eigenvalue weighted by atomic mass is 9.78. The van der Waals surface area contributed by atoms with Crippen LogP contribution in [0, 0.1) is 17.7 Å². The highest BCUT2D eigenvalue weighted by atomic mass is 35.5. The summed E-state index contributed by atoms with van der Waals surface area (Å²) in [6.45, 7) is -0.0849. The molecule has 0 aromatic heterocycles. The van der Waals surface area contributed by atoms with Crippen LogP contribution in [0.4, 0.5) is 4.39 Å². The topological polar surface area (TPSA) is 124 Å². The van der Waals surface area contributed by atoms with E-state index in [2.05, 4.69) is 5.32 Å². The van der Waals surface area contributed by atoms with Gasteiger partial charge in [0.25, 0.3) is 0 Å². The molecule has 0 spiro atoms. The van der Waals surface area contributed by atoms with Crippen LogP contribution in [0.15, 0.2) is 48.5 Å². The average Bonchev–Trinajstić information content (AvgIpc) is 2.88. The minimum atomic E-state index is -1.45. The standard InChI is InChI=1S/C27H30ClFN2O6/c28-21-11-5-1-7-17(21)13-15-31(16-14-23(32)33)26(35)24(20-10-4-6-12-22(20)29)30-25(34)18-8-2-3-9-19(18)27(36)37/h1,4-7,10-12,18-19,24H,2-3,8-9,13-16H2,(H,30,34)(H,32,33)(H,36,37)/t18-,19-,24+/m1/s1. The van der Waals surface area contributed by atoms with Crippen LogP contribution in [0.2, 0.25) is 5.02 Å². The number of benzene rings is 2. The Hall–Kier alpha value is -3.46. The number of carboxylic acid groups (broad SMARTS) is 2. The van der Waals surface area contributed by atoms with Crippen LogP contribution in [0.5, 0.6) is 0 Å². The molecule has 0 unspecified atom stereocenters. The molecule has 10 heteroatoms. The van der Waals surface area contributed by atoms with Crippen LogP contribution in [0.3, 0.4) is 0 Å². The normalized spacial score (nSPS) is 18.0. The molecule has 3 N–H and O–H groups in total. The van der Waals surface area contributed by atoms with Crippen molar-refractivity contribution in [2.45, 2.75) is 44.6 Å². The van der Waals surface area contributed by atoms with Crippen LogP contribution in [0.1, 0.15) is 49.3 Å². The Kier molecular flexibility index (Phi) is 10.0. The number of hydrogen-bond acceptors (Lipinski definition) is 4. The Morgan fingerprint density at radius 1 is 0.973 bits per heavy atom. The summed E-state index contributed by atoms with van der Waals surface area (Å²) in [4.78, 5) is 51.3. The molecule has 3 atom stereocenters. The van der Waals surface area contributed by atoms with Crippen molar-refractivity contribution in [3.63, 3.8) is 0 Å². The smallest absolute Gasteiger partial charge is 0.307 e. The number of rotatable bonds is 11. The second kappa shape index (κ2) is 13.2. The van der Waals surface area contributed by atoms with E-state index in [1.54, 1.807) is 24.3 Å². The van der Waals surface area contributed by atoms with Gasteiger partial charge >= 0.3 is 11.9 Å². The first-order valence-electron chi connectivity index (χ1n) is 12.2. The molecule has 2 aromatic rings. The van der Waals surface area contributed by atoms with E-state index in [9.17, 15) is 33.8 Å². The number of hydrogen-bond donors (Lipinski definition) is 3. The first kappa shape index (κ1) is 28.1. The Labute approximate surface area is 219 Å². The van der Waals surface area contributed by atoms with Crippen molar-refractivity contribution in [3.05, 3.63) is 70.5 Å². The van der Waals surface area contributed by atoms with Crippen molar-refractivity contribution in [3.8, 4) is 0 Å². The molecule has 8 nitrogen and oxygen atoms in total. The van der Waals surface area contributed by atoms with E-state index >= 15 is 0 Å².